The lowest BCUT2D eigenvalue weighted by Gasteiger charge is -2.31. The molecule has 0 spiro atoms. The molecule has 0 aromatic heterocycles. The van der Waals surface area contributed by atoms with E-state index in [4.69, 9.17) is 10.5 Å². The SMILES string of the molecule is CC[C@@H]1OCc2cccc(C)c2[C@@H]1N.Cl. The fourth-order valence-corrected chi connectivity index (χ4v) is 2.20. The highest BCUT2D eigenvalue weighted by Crippen LogP contribution is 2.31. The summed E-state index contributed by atoms with van der Waals surface area (Å²) in [6.45, 7) is 4.95. The molecule has 1 heterocycles. The van der Waals surface area contributed by atoms with Crippen molar-refractivity contribution in [3.8, 4) is 0 Å². The Labute approximate surface area is 97.2 Å². The number of fused-ring (bicyclic) bond motifs is 1. The lowest BCUT2D eigenvalue weighted by atomic mass is 9.90. The van der Waals surface area contributed by atoms with E-state index in [0.29, 0.717) is 6.61 Å². The van der Waals surface area contributed by atoms with Gasteiger partial charge in [0.2, 0.25) is 0 Å². The summed E-state index contributed by atoms with van der Waals surface area (Å²) in [5.74, 6) is 0. The Kier molecular flexibility index (Phi) is 4.14. The molecule has 0 unspecified atom stereocenters. The van der Waals surface area contributed by atoms with Crippen LogP contribution in [0.15, 0.2) is 18.2 Å². The molecule has 1 aromatic carbocycles. The molecular weight excluding hydrogens is 210 g/mol. The molecule has 2 atom stereocenters. The van der Waals surface area contributed by atoms with Crippen molar-refractivity contribution in [2.45, 2.75) is 39.0 Å². The fraction of sp³-hybridized carbons (Fsp3) is 0.500. The average Bonchev–Trinajstić information content (AvgIpc) is 2.18. The molecule has 0 fully saturated rings. The van der Waals surface area contributed by atoms with Crippen LogP contribution >= 0.6 is 12.4 Å². The zero-order valence-electron chi connectivity index (χ0n) is 9.19. The van der Waals surface area contributed by atoms with Crippen molar-refractivity contribution in [3.63, 3.8) is 0 Å². The van der Waals surface area contributed by atoms with E-state index in [2.05, 4.69) is 32.0 Å². The Morgan fingerprint density at radius 2 is 2.20 bits per heavy atom. The number of hydrogen-bond acceptors (Lipinski definition) is 2. The molecule has 2 rings (SSSR count). The van der Waals surface area contributed by atoms with Gasteiger partial charge in [-0.05, 0) is 30.0 Å². The monoisotopic (exact) mass is 227 g/mol. The largest absolute Gasteiger partial charge is 0.372 e. The molecule has 2 nitrogen and oxygen atoms in total. The third-order valence-electron chi connectivity index (χ3n) is 3.00. The van der Waals surface area contributed by atoms with Crippen LogP contribution in [0.2, 0.25) is 0 Å². The second-order valence-corrected chi connectivity index (χ2v) is 3.93. The van der Waals surface area contributed by atoms with Gasteiger partial charge in [0.1, 0.15) is 0 Å². The average molecular weight is 228 g/mol. The topological polar surface area (TPSA) is 35.2 Å². The van der Waals surface area contributed by atoms with Gasteiger partial charge in [0, 0.05) is 0 Å². The summed E-state index contributed by atoms with van der Waals surface area (Å²) in [4.78, 5) is 0. The van der Waals surface area contributed by atoms with Crippen molar-refractivity contribution >= 4 is 12.4 Å². The Bertz CT molecular complexity index is 340. The third kappa shape index (κ3) is 2.17. The molecule has 3 heteroatoms. The Morgan fingerprint density at radius 3 is 2.87 bits per heavy atom. The molecule has 1 aliphatic rings. The minimum atomic E-state index is 0. The molecule has 15 heavy (non-hydrogen) atoms. The first kappa shape index (κ1) is 12.5. The van der Waals surface area contributed by atoms with Crippen molar-refractivity contribution in [1.29, 1.82) is 0 Å². The number of rotatable bonds is 1. The summed E-state index contributed by atoms with van der Waals surface area (Å²) < 4.78 is 5.70. The number of hydrogen-bond donors (Lipinski definition) is 1. The highest BCUT2D eigenvalue weighted by atomic mass is 35.5. The van der Waals surface area contributed by atoms with Crippen LogP contribution < -0.4 is 5.73 Å². The van der Waals surface area contributed by atoms with E-state index < -0.39 is 0 Å². The van der Waals surface area contributed by atoms with E-state index in [1.54, 1.807) is 0 Å². The fourth-order valence-electron chi connectivity index (χ4n) is 2.20. The van der Waals surface area contributed by atoms with Gasteiger partial charge in [-0.25, -0.2) is 0 Å². The molecular formula is C12H18ClNO. The summed E-state index contributed by atoms with van der Waals surface area (Å²) in [5, 5.41) is 0. The number of benzene rings is 1. The standard InChI is InChI=1S/C12H17NO.ClH/c1-3-10-12(13)11-8(2)5-4-6-9(11)7-14-10;/h4-6,10,12H,3,7,13H2,1-2H3;1H/t10-,12+;/m0./s1. The van der Waals surface area contributed by atoms with Gasteiger partial charge in [-0.2, -0.15) is 0 Å². The molecule has 0 amide bonds. The Morgan fingerprint density at radius 1 is 1.47 bits per heavy atom. The maximum atomic E-state index is 6.18. The van der Waals surface area contributed by atoms with Gasteiger partial charge in [-0.1, -0.05) is 25.1 Å². The van der Waals surface area contributed by atoms with Crippen LogP contribution in [0.1, 0.15) is 36.1 Å². The summed E-state index contributed by atoms with van der Waals surface area (Å²) in [5.41, 5.74) is 10.0. The van der Waals surface area contributed by atoms with Crippen LogP contribution in [-0.4, -0.2) is 6.10 Å². The second kappa shape index (κ2) is 4.97. The minimum Gasteiger partial charge on any atom is -0.372 e. The Hall–Kier alpha value is -0.570. The number of nitrogens with two attached hydrogens (primary N) is 1. The predicted molar refractivity (Wildman–Crippen MR) is 64.2 cm³/mol. The first-order valence-corrected chi connectivity index (χ1v) is 5.19. The van der Waals surface area contributed by atoms with Gasteiger partial charge < -0.3 is 10.5 Å². The van der Waals surface area contributed by atoms with Crippen LogP contribution in [0, 0.1) is 6.92 Å². The molecule has 0 radical (unpaired) electrons. The van der Waals surface area contributed by atoms with Gasteiger partial charge in [-0.15, -0.1) is 12.4 Å². The number of aryl methyl sites for hydroxylation is 1. The van der Waals surface area contributed by atoms with Crippen LogP contribution in [-0.2, 0) is 11.3 Å². The molecule has 1 aromatic rings. The first-order valence-electron chi connectivity index (χ1n) is 5.19. The lowest BCUT2D eigenvalue weighted by molar-refractivity contribution is 0.00656. The minimum absolute atomic E-state index is 0. The van der Waals surface area contributed by atoms with E-state index in [-0.39, 0.29) is 24.6 Å². The van der Waals surface area contributed by atoms with Crippen LogP contribution in [0.5, 0.6) is 0 Å². The summed E-state index contributed by atoms with van der Waals surface area (Å²) >= 11 is 0. The molecule has 0 bridgehead atoms. The smallest absolute Gasteiger partial charge is 0.0769 e. The normalized spacial score (nSPS) is 24.2. The van der Waals surface area contributed by atoms with E-state index >= 15 is 0 Å². The van der Waals surface area contributed by atoms with Crippen molar-refractivity contribution < 1.29 is 4.74 Å². The van der Waals surface area contributed by atoms with Crippen molar-refractivity contribution in [2.24, 2.45) is 5.73 Å². The van der Waals surface area contributed by atoms with Gasteiger partial charge in [-0.3, -0.25) is 0 Å². The van der Waals surface area contributed by atoms with Crippen LogP contribution in [0.4, 0.5) is 0 Å². The zero-order chi connectivity index (χ0) is 10.1. The third-order valence-corrected chi connectivity index (χ3v) is 3.00. The van der Waals surface area contributed by atoms with Crippen molar-refractivity contribution in [2.75, 3.05) is 0 Å². The first-order chi connectivity index (χ1) is 6.74. The van der Waals surface area contributed by atoms with Gasteiger partial charge in [0.25, 0.3) is 0 Å². The molecule has 84 valence electrons. The summed E-state index contributed by atoms with van der Waals surface area (Å²) in [6, 6.07) is 6.34. The second-order valence-electron chi connectivity index (χ2n) is 3.93. The van der Waals surface area contributed by atoms with E-state index in [1.807, 2.05) is 0 Å². The molecule has 0 saturated carbocycles. The van der Waals surface area contributed by atoms with Gasteiger partial charge in [0.15, 0.2) is 0 Å². The molecule has 0 saturated heterocycles. The predicted octanol–water partition coefficient (Wildman–Crippen LogP) is 2.73. The maximum absolute atomic E-state index is 6.18. The molecule has 0 aliphatic carbocycles. The number of halogens is 1. The quantitative estimate of drug-likeness (QED) is 0.801. The molecule has 2 N–H and O–H groups in total. The lowest BCUT2D eigenvalue weighted by Crippen LogP contribution is -2.33. The van der Waals surface area contributed by atoms with Crippen LogP contribution in [0.3, 0.4) is 0 Å². The van der Waals surface area contributed by atoms with Gasteiger partial charge in [0.05, 0.1) is 18.8 Å². The van der Waals surface area contributed by atoms with E-state index in [0.717, 1.165) is 6.42 Å². The highest BCUT2D eigenvalue weighted by Gasteiger charge is 2.26. The van der Waals surface area contributed by atoms with Crippen molar-refractivity contribution in [3.05, 3.63) is 34.9 Å². The van der Waals surface area contributed by atoms with Crippen LogP contribution in [0.25, 0.3) is 0 Å². The number of ether oxygens (including phenoxy) is 1. The summed E-state index contributed by atoms with van der Waals surface area (Å²) in [7, 11) is 0. The van der Waals surface area contributed by atoms with E-state index in [9.17, 15) is 0 Å². The maximum Gasteiger partial charge on any atom is 0.0769 e. The highest BCUT2D eigenvalue weighted by molar-refractivity contribution is 5.85. The van der Waals surface area contributed by atoms with E-state index in [1.165, 1.54) is 16.7 Å². The van der Waals surface area contributed by atoms with Gasteiger partial charge >= 0.3 is 0 Å². The summed E-state index contributed by atoms with van der Waals surface area (Å²) in [6.07, 6.45) is 1.16. The van der Waals surface area contributed by atoms with Crippen molar-refractivity contribution in [1.82, 2.24) is 0 Å². The Balaban J connectivity index is 0.00000112. The molecule has 1 aliphatic heterocycles. The zero-order valence-corrected chi connectivity index (χ0v) is 10.0.